The number of halogens is 2. The first-order valence-corrected chi connectivity index (χ1v) is 9.68. The third kappa shape index (κ3) is 4.69. The Balaban J connectivity index is 2.14. The first kappa shape index (κ1) is 22.3. The van der Waals surface area contributed by atoms with Crippen LogP contribution >= 0.6 is 11.6 Å². The Labute approximate surface area is 182 Å². The minimum absolute atomic E-state index is 0.00846. The van der Waals surface area contributed by atoms with Crippen LogP contribution in [0.15, 0.2) is 36.0 Å². The summed E-state index contributed by atoms with van der Waals surface area (Å²) < 4.78 is 27.1. The number of aliphatic imine (C=N–C) groups is 1. The van der Waals surface area contributed by atoms with Crippen molar-refractivity contribution >= 4 is 35.1 Å². The lowest BCUT2D eigenvalue weighted by Crippen LogP contribution is -2.40. The first-order chi connectivity index (χ1) is 14.7. The minimum atomic E-state index is -0.759. The van der Waals surface area contributed by atoms with Crippen molar-refractivity contribution in [3.63, 3.8) is 0 Å². The molecule has 0 saturated heterocycles. The zero-order chi connectivity index (χ0) is 22.7. The lowest BCUT2D eigenvalue weighted by molar-refractivity contribution is -0.118. The Morgan fingerprint density at radius 1 is 1.48 bits per heavy atom. The Morgan fingerprint density at radius 3 is 2.90 bits per heavy atom. The quantitative estimate of drug-likeness (QED) is 0.773. The number of aryl methyl sites for hydroxylation is 1. The molecule has 2 N–H and O–H groups in total. The van der Waals surface area contributed by atoms with Gasteiger partial charge in [-0.1, -0.05) is 18.2 Å². The number of benzene rings is 1. The van der Waals surface area contributed by atoms with E-state index < -0.39 is 23.7 Å². The van der Waals surface area contributed by atoms with E-state index in [1.807, 2.05) is 0 Å². The van der Waals surface area contributed by atoms with Crippen LogP contribution in [0.5, 0.6) is 5.75 Å². The normalized spacial score (nSPS) is 17.0. The van der Waals surface area contributed by atoms with Gasteiger partial charge in [-0.15, -0.1) is 0 Å². The summed E-state index contributed by atoms with van der Waals surface area (Å²) in [5.74, 6) is -1.33. The van der Waals surface area contributed by atoms with Gasteiger partial charge in [-0.25, -0.2) is 4.39 Å². The fourth-order valence-corrected chi connectivity index (χ4v) is 3.42. The summed E-state index contributed by atoms with van der Waals surface area (Å²) in [6.07, 6.45) is 1.91. The van der Waals surface area contributed by atoms with E-state index in [4.69, 9.17) is 26.8 Å². The summed E-state index contributed by atoms with van der Waals surface area (Å²) in [5.41, 5.74) is 5.72. The highest BCUT2D eigenvalue weighted by atomic mass is 35.5. The fraction of sp³-hybridized carbons (Fsp3) is 0.300. The number of hydrogen-bond acceptors (Lipinski definition) is 6. The summed E-state index contributed by atoms with van der Waals surface area (Å²) in [5, 5.41) is 3.92. The number of hydrogen-bond donors (Lipinski definition) is 1. The molecular weight excluding hydrogens is 429 g/mol. The number of ether oxygens (including phenoxy) is 2. The van der Waals surface area contributed by atoms with Crippen molar-refractivity contribution in [1.29, 1.82) is 0 Å². The molecule has 0 aliphatic carbocycles. The third-order valence-corrected chi connectivity index (χ3v) is 4.96. The summed E-state index contributed by atoms with van der Waals surface area (Å²) >= 11 is 6.19. The molecule has 0 saturated carbocycles. The average molecular weight is 450 g/mol. The number of nitrogens with zero attached hydrogens (tertiary/aromatic N) is 4. The number of fused-ring (bicyclic) bond motifs is 2. The highest BCUT2D eigenvalue weighted by molar-refractivity contribution is 6.31. The zero-order valence-electron chi connectivity index (χ0n) is 17.0. The standard InChI is InChI=1S/C20H21ClFN5O4/c1-4-16-25-19-12(9-24-26(19)3)20(29)27(10-15(23)28)7-8-30-14-6-5-13(22)18(21)17(14)11(2)31-16/h4-6,9,11H,1,7-8,10H2,2-3H3,(H2,23,28)/t11-/m1/s1. The van der Waals surface area contributed by atoms with Gasteiger partial charge in [0.15, 0.2) is 5.82 Å². The smallest absolute Gasteiger partial charge is 0.259 e. The van der Waals surface area contributed by atoms with Crippen molar-refractivity contribution in [2.45, 2.75) is 13.0 Å². The van der Waals surface area contributed by atoms with Gasteiger partial charge in [0.1, 0.15) is 29.8 Å². The van der Waals surface area contributed by atoms with Gasteiger partial charge < -0.3 is 20.1 Å². The van der Waals surface area contributed by atoms with E-state index in [2.05, 4.69) is 16.7 Å². The topological polar surface area (TPSA) is 112 Å². The molecule has 1 aliphatic heterocycles. The van der Waals surface area contributed by atoms with Gasteiger partial charge in [0.25, 0.3) is 5.91 Å². The fourth-order valence-electron chi connectivity index (χ4n) is 3.11. The molecule has 0 fully saturated rings. The maximum atomic E-state index is 14.1. The van der Waals surface area contributed by atoms with Crippen LogP contribution in [0.4, 0.5) is 10.2 Å². The van der Waals surface area contributed by atoms with Crippen molar-refractivity contribution in [1.82, 2.24) is 14.7 Å². The second-order valence-electron chi connectivity index (χ2n) is 6.73. The van der Waals surface area contributed by atoms with Gasteiger partial charge in [0, 0.05) is 7.05 Å². The highest BCUT2D eigenvalue weighted by Crippen LogP contribution is 2.36. The van der Waals surface area contributed by atoms with Crippen molar-refractivity contribution in [3.8, 4) is 5.75 Å². The highest BCUT2D eigenvalue weighted by Gasteiger charge is 2.26. The second kappa shape index (κ2) is 9.17. The third-order valence-electron chi connectivity index (χ3n) is 4.58. The minimum Gasteiger partial charge on any atom is -0.491 e. The molecule has 1 aliphatic rings. The van der Waals surface area contributed by atoms with E-state index in [0.717, 1.165) is 0 Å². The molecule has 11 heteroatoms. The first-order valence-electron chi connectivity index (χ1n) is 9.31. The van der Waals surface area contributed by atoms with Crippen LogP contribution in [0, 0.1) is 5.82 Å². The van der Waals surface area contributed by atoms with Crippen molar-refractivity contribution in [2.24, 2.45) is 17.8 Å². The Kier molecular flexibility index (Phi) is 6.59. The molecule has 3 rings (SSSR count). The van der Waals surface area contributed by atoms with Crippen LogP contribution in [-0.4, -0.2) is 52.1 Å². The number of amides is 2. The van der Waals surface area contributed by atoms with Crippen molar-refractivity contribution < 1.29 is 23.5 Å². The van der Waals surface area contributed by atoms with Crippen LogP contribution in [-0.2, 0) is 16.6 Å². The lowest BCUT2D eigenvalue weighted by atomic mass is 10.1. The van der Waals surface area contributed by atoms with Crippen molar-refractivity contribution in [2.75, 3.05) is 19.7 Å². The van der Waals surface area contributed by atoms with Gasteiger partial charge in [-0.05, 0) is 25.1 Å². The van der Waals surface area contributed by atoms with Crippen molar-refractivity contribution in [3.05, 3.63) is 53.0 Å². The molecule has 2 amide bonds. The molecule has 2 aromatic rings. The molecule has 0 bridgehead atoms. The van der Waals surface area contributed by atoms with Gasteiger partial charge in [-0.2, -0.15) is 10.1 Å². The number of aromatic nitrogens is 2. The summed E-state index contributed by atoms with van der Waals surface area (Å²) in [6, 6.07) is 2.59. The molecule has 0 unspecified atom stereocenters. The van der Waals surface area contributed by atoms with E-state index in [0.29, 0.717) is 0 Å². The molecule has 0 radical (unpaired) electrons. The summed E-state index contributed by atoms with van der Waals surface area (Å²) in [6.45, 7) is 5.02. The SMILES string of the molecule is C=CC1=Nc2c(cnn2C)C(=O)N(CC(N)=O)CCOc2ccc(F)c(Cl)c2[C@@H](C)O1. The molecule has 31 heavy (non-hydrogen) atoms. The monoisotopic (exact) mass is 449 g/mol. The van der Waals surface area contributed by atoms with Gasteiger partial charge in [0.05, 0.1) is 29.9 Å². The number of primary amides is 1. The molecule has 164 valence electrons. The number of rotatable bonds is 3. The summed E-state index contributed by atoms with van der Waals surface area (Å²) in [7, 11) is 1.60. The molecule has 9 nitrogen and oxygen atoms in total. The molecule has 1 aromatic heterocycles. The van der Waals surface area contributed by atoms with Crippen LogP contribution in [0.25, 0.3) is 0 Å². The van der Waals surface area contributed by atoms with Gasteiger partial charge >= 0.3 is 0 Å². The van der Waals surface area contributed by atoms with E-state index in [9.17, 15) is 14.0 Å². The zero-order valence-corrected chi connectivity index (χ0v) is 17.7. The predicted molar refractivity (Wildman–Crippen MR) is 112 cm³/mol. The largest absolute Gasteiger partial charge is 0.491 e. The summed E-state index contributed by atoms with van der Waals surface area (Å²) in [4.78, 5) is 30.2. The van der Waals surface area contributed by atoms with E-state index in [1.165, 1.54) is 34.0 Å². The average Bonchev–Trinajstić information content (AvgIpc) is 3.08. The number of carbonyl (C=O) groups excluding carboxylic acids is 2. The van der Waals surface area contributed by atoms with Crippen LogP contribution in [0.2, 0.25) is 5.02 Å². The number of carbonyl (C=O) groups is 2. The van der Waals surface area contributed by atoms with Crippen LogP contribution in [0.1, 0.15) is 28.9 Å². The number of nitrogens with two attached hydrogens (primary N) is 1. The molecule has 2 heterocycles. The van der Waals surface area contributed by atoms with Gasteiger partial charge in [0.2, 0.25) is 11.8 Å². The maximum Gasteiger partial charge on any atom is 0.259 e. The molecule has 1 aromatic carbocycles. The van der Waals surface area contributed by atoms with Crippen LogP contribution < -0.4 is 10.5 Å². The Hall–Kier alpha value is -3.40. The maximum absolute atomic E-state index is 14.1. The molecule has 0 spiro atoms. The van der Waals surface area contributed by atoms with Gasteiger partial charge in [-0.3, -0.25) is 14.3 Å². The Bertz CT molecular complexity index is 1070. The second-order valence-corrected chi connectivity index (χ2v) is 7.11. The molecule has 1 atom stereocenters. The van der Waals surface area contributed by atoms with E-state index in [-0.39, 0.29) is 53.3 Å². The Morgan fingerprint density at radius 2 is 2.23 bits per heavy atom. The lowest BCUT2D eigenvalue weighted by Gasteiger charge is -2.22. The van der Waals surface area contributed by atoms with E-state index in [1.54, 1.807) is 14.0 Å². The van der Waals surface area contributed by atoms with E-state index >= 15 is 0 Å². The van der Waals surface area contributed by atoms with Crippen LogP contribution in [0.3, 0.4) is 0 Å². The predicted octanol–water partition coefficient (Wildman–Crippen LogP) is 2.53. The molecular formula is C20H21ClFN5O4.